The molecule has 0 unspecified atom stereocenters. The van der Waals surface area contributed by atoms with Crippen LogP contribution in [-0.4, -0.2) is 19.1 Å². The van der Waals surface area contributed by atoms with E-state index in [9.17, 15) is 4.79 Å². The number of methoxy groups -OCH3 is 1. The average Bonchev–Trinajstić information content (AvgIpc) is 2.30. The molecule has 3 nitrogen and oxygen atoms in total. The van der Waals surface area contributed by atoms with Crippen LogP contribution in [0.5, 0.6) is 0 Å². The van der Waals surface area contributed by atoms with Gasteiger partial charge in [-0.3, -0.25) is 4.79 Å². The first kappa shape index (κ1) is 12.8. The molecule has 88 valence electrons. The Labute approximate surface area is 101 Å². The number of ether oxygens (including phenoxy) is 1. The van der Waals surface area contributed by atoms with E-state index in [0.29, 0.717) is 11.4 Å². The molecule has 0 aliphatic heterocycles. The lowest BCUT2D eigenvalue weighted by atomic mass is 10.1. The van der Waals surface area contributed by atoms with E-state index in [1.807, 2.05) is 31.2 Å². The number of anilines is 1. The average molecular weight is 242 g/mol. The van der Waals surface area contributed by atoms with Crippen molar-refractivity contribution in [3.05, 3.63) is 29.3 Å². The maximum absolute atomic E-state index is 11.1. The molecule has 1 rings (SSSR count). The van der Waals surface area contributed by atoms with Gasteiger partial charge in [0, 0.05) is 16.8 Å². The molecular formula is C12H16ClNO2. The van der Waals surface area contributed by atoms with Crippen molar-refractivity contribution in [3.8, 4) is 0 Å². The number of benzene rings is 1. The Morgan fingerprint density at radius 1 is 1.44 bits per heavy atom. The second kappa shape index (κ2) is 6.38. The van der Waals surface area contributed by atoms with E-state index in [1.54, 1.807) is 0 Å². The summed E-state index contributed by atoms with van der Waals surface area (Å²) >= 11 is 5.79. The highest BCUT2D eigenvalue weighted by atomic mass is 35.5. The monoisotopic (exact) mass is 241 g/mol. The van der Waals surface area contributed by atoms with E-state index in [1.165, 1.54) is 7.11 Å². The van der Waals surface area contributed by atoms with E-state index in [0.717, 1.165) is 12.1 Å². The van der Waals surface area contributed by atoms with Crippen LogP contribution in [0.2, 0.25) is 5.02 Å². The Morgan fingerprint density at radius 2 is 2.06 bits per heavy atom. The fraction of sp³-hybridized carbons (Fsp3) is 0.417. The molecule has 0 radical (unpaired) electrons. The molecule has 0 heterocycles. The van der Waals surface area contributed by atoms with E-state index in [-0.39, 0.29) is 12.0 Å². The van der Waals surface area contributed by atoms with Gasteiger partial charge in [0.25, 0.3) is 0 Å². The van der Waals surface area contributed by atoms with Gasteiger partial charge < -0.3 is 10.1 Å². The zero-order valence-corrected chi connectivity index (χ0v) is 10.3. The SMILES string of the molecule is CC[C@H](CC(=O)OC)Nc1ccc(Cl)cc1. The van der Waals surface area contributed by atoms with Gasteiger partial charge >= 0.3 is 5.97 Å². The number of halogens is 1. The summed E-state index contributed by atoms with van der Waals surface area (Å²) in [6.07, 6.45) is 1.23. The van der Waals surface area contributed by atoms with Gasteiger partial charge in [0.1, 0.15) is 0 Å². The van der Waals surface area contributed by atoms with Crippen molar-refractivity contribution < 1.29 is 9.53 Å². The smallest absolute Gasteiger partial charge is 0.307 e. The number of rotatable bonds is 5. The first-order valence-corrected chi connectivity index (χ1v) is 5.62. The quantitative estimate of drug-likeness (QED) is 0.805. The predicted molar refractivity (Wildman–Crippen MR) is 65.8 cm³/mol. The van der Waals surface area contributed by atoms with Crippen LogP contribution < -0.4 is 5.32 Å². The van der Waals surface area contributed by atoms with Crippen LogP contribution in [0.3, 0.4) is 0 Å². The van der Waals surface area contributed by atoms with Gasteiger partial charge in [-0.15, -0.1) is 0 Å². The highest BCUT2D eigenvalue weighted by Crippen LogP contribution is 2.16. The fourth-order valence-corrected chi connectivity index (χ4v) is 1.49. The number of carbonyl (C=O) groups excluding carboxylic acids is 1. The number of hydrogen-bond acceptors (Lipinski definition) is 3. The maximum Gasteiger partial charge on any atom is 0.307 e. The van der Waals surface area contributed by atoms with Crippen LogP contribution >= 0.6 is 11.6 Å². The van der Waals surface area contributed by atoms with E-state index in [4.69, 9.17) is 11.6 Å². The Morgan fingerprint density at radius 3 is 2.56 bits per heavy atom. The van der Waals surface area contributed by atoms with E-state index < -0.39 is 0 Å². The first-order chi connectivity index (χ1) is 7.65. The topological polar surface area (TPSA) is 38.3 Å². The van der Waals surface area contributed by atoms with Crippen LogP contribution in [0.4, 0.5) is 5.69 Å². The fourth-order valence-electron chi connectivity index (χ4n) is 1.36. The molecule has 0 fully saturated rings. The van der Waals surface area contributed by atoms with Gasteiger partial charge in [0.15, 0.2) is 0 Å². The minimum atomic E-state index is -0.201. The lowest BCUT2D eigenvalue weighted by Gasteiger charge is -2.16. The van der Waals surface area contributed by atoms with Crippen molar-refractivity contribution in [2.75, 3.05) is 12.4 Å². The van der Waals surface area contributed by atoms with Crippen molar-refractivity contribution in [3.63, 3.8) is 0 Å². The van der Waals surface area contributed by atoms with Gasteiger partial charge in [-0.1, -0.05) is 18.5 Å². The lowest BCUT2D eigenvalue weighted by molar-refractivity contribution is -0.140. The van der Waals surface area contributed by atoms with E-state index >= 15 is 0 Å². The third-order valence-corrected chi connectivity index (χ3v) is 2.60. The molecule has 0 aromatic heterocycles. The third kappa shape index (κ3) is 4.11. The first-order valence-electron chi connectivity index (χ1n) is 5.24. The molecule has 0 bridgehead atoms. The van der Waals surface area contributed by atoms with Crippen LogP contribution in [0.1, 0.15) is 19.8 Å². The highest BCUT2D eigenvalue weighted by Gasteiger charge is 2.11. The molecule has 1 aromatic carbocycles. The maximum atomic E-state index is 11.1. The van der Waals surface area contributed by atoms with E-state index in [2.05, 4.69) is 10.1 Å². The van der Waals surface area contributed by atoms with Crippen molar-refractivity contribution >= 4 is 23.3 Å². The van der Waals surface area contributed by atoms with Crippen LogP contribution in [-0.2, 0) is 9.53 Å². The third-order valence-electron chi connectivity index (χ3n) is 2.35. The molecular weight excluding hydrogens is 226 g/mol. The Bertz CT molecular complexity index is 337. The van der Waals surface area contributed by atoms with Gasteiger partial charge in [-0.05, 0) is 30.7 Å². The summed E-state index contributed by atoms with van der Waals surface area (Å²) in [4.78, 5) is 11.1. The number of nitrogens with one attached hydrogen (secondary N) is 1. The summed E-state index contributed by atoms with van der Waals surface area (Å²) in [6, 6.07) is 7.50. The molecule has 0 aliphatic rings. The molecule has 0 aliphatic carbocycles. The second-order valence-corrected chi connectivity index (χ2v) is 3.97. The predicted octanol–water partition coefficient (Wildman–Crippen LogP) is 3.09. The largest absolute Gasteiger partial charge is 0.469 e. The van der Waals surface area contributed by atoms with Gasteiger partial charge in [-0.25, -0.2) is 0 Å². The summed E-state index contributed by atoms with van der Waals surface area (Å²) in [5.74, 6) is -0.201. The molecule has 0 saturated heterocycles. The molecule has 1 aromatic rings. The molecule has 1 N–H and O–H groups in total. The Hall–Kier alpha value is -1.22. The van der Waals surface area contributed by atoms with Crippen molar-refractivity contribution in [1.82, 2.24) is 0 Å². The summed E-state index contributed by atoms with van der Waals surface area (Å²) in [5, 5.41) is 3.96. The van der Waals surface area contributed by atoms with Crippen LogP contribution in [0.15, 0.2) is 24.3 Å². The molecule has 0 amide bonds. The van der Waals surface area contributed by atoms with Crippen molar-refractivity contribution in [2.45, 2.75) is 25.8 Å². The van der Waals surface area contributed by atoms with Gasteiger partial charge in [0.2, 0.25) is 0 Å². The van der Waals surface area contributed by atoms with Crippen LogP contribution in [0, 0.1) is 0 Å². The zero-order chi connectivity index (χ0) is 12.0. The minimum absolute atomic E-state index is 0.0913. The number of hydrogen-bond donors (Lipinski definition) is 1. The molecule has 0 spiro atoms. The molecule has 0 saturated carbocycles. The molecule has 1 atom stereocenters. The molecule has 16 heavy (non-hydrogen) atoms. The number of esters is 1. The standard InChI is InChI=1S/C12H16ClNO2/c1-3-10(8-12(15)16-2)14-11-6-4-9(13)5-7-11/h4-7,10,14H,3,8H2,1-2H3/t10-/m1/s1. The van der Waals surface area contributed by atoms with Gasteiger partial charge in [0.05, 0.1) is 13.5 Å². The summed E-state index contributed by atoms with van der Waals surface area (Å²) < 4.78 is 4.64. The highest BCUT2D eigenvalue weighted by molar-refractivity contribution is 6.30. The Balaban J connectivity index is 2.56. The normalized spacial score (nSPS) is 11.9. The minimum Gasteiger partial charge on any atom is -0.469 e. The Kier molecular flexibility index (Phi) is 5.12. The summed E-state index contributed by atoms with van der Waals surface area (Å²) in [7, 11) is 1.40. The summed E-state index contributed by atoms with van der Waals surface area (Å²) in [6.45, 7) is 2.02. The summed E-state index contributed by atoms with van der Waals surface area (Å²) in [5.41, 5.74) is 0.958. The van der Waals surface area contributed by atoms with Crippen LogP contribution in [0.25, 0.3) is 0 Å². The van der Waals surface area contributed by atoms with Crippen molar-refractivity contribution in [2.24, 2.45) is 0 Å². The van der Waals surface area contributed by atoms with Crippen molar-refractivity contribution in [1.29, 1.82) is 0 Å². The van der Waals surface area contributed by atoms with Gasteiger partial charge in [-0.2, -0.15) is 0 Å². The second-order valence-electron chi connectivity index (χ2n) is 3.54. The molecule has 4 heteroatoms. The number of carbonyl (C=O) groups is 1. The zero-order valence-electron chi connectivity index (χ0n) is 9.50. The lowest BCUT2D eigenvalue weighted by Crippen LogP contribution is -2.22.